The molecule has 0 aliphatic heterocycles. The maximum atomic E-state index is 5.16. The lowest BCUT2D eigenvalue weighted by atomic mass is 10.1. The molecule has 0 spiro atoms. The molecule has 0 unspecified atom stereocenters. The number of benzene rings is 2. The monoisotopic (exact) mass is 250 g/mol. The second-order valence-corrected chi connectivity index (χ2v) is 4.04. The Morgan fingerprint density at radius 2 is 1.79 bits per heavy atom. The SMILES string of the molecule is COCc1ccc(Br)c2ccccc12. The summed E-state index contributed by atoms with van der Waals surface area (Å²) in [5.74, 6) is 0. The highest BCUT2D eigenvalue weighted by Gasteiger charge is 2.02. The van der Waals surface area contributed by atoms with E-state index in [0.29, 0.717) is 6.61 Å². The standard InChI is InChI=1S/C12H11BrO/c1-14-8-9-6-7-12(13)11-5-3-2-4-10(9)11/h2-7H,8H2,1H3. The first-order chi connectivity index (χ1) is 6.83. The molecule has 0 radical (unpaired) electrons. The summed E-state index contributed by atoms with van der Waals surface area (Å²) in [5, 5.41) is 2.49. The lowest BCUT2D eigenvalue weighted by Crippen LogP contribution is -1.89. The van der Waals surface area contributed by atoms with E-state index in [0.717, 1.165) is 4.47 Å². The summed E-state index contributed by atoms with van der Waals surface area (Å²) in [6, 6.07) is 12.5. The fourth-order valence-electron chi connectivity index (χ4n) is 1.61. The minimum Gasteiger partial charge on any atom is -0.380 e. The van der Waals surface area contributed by atoms with Crippen LogP contribution in [0.2, 0.25) is 0 Å². The van der Waals surface area contributed by atoms with Crippen LogP contribution in [0.15, 0.2) is 40.9 Å². The third kappa shape index (κ3) is 1.68. The third-order valence-electron chi connectivity index (χ3n) is 2.26. The smallest absolute Gasteiger partial charge is 0.0719 e. The van der Waals surface area contributed by atoms with Crippen LogP contribution in [0.3, 0.4) is 0 Å². The molecular formula is C12H11BrO. The van der Waals surface area contributed by atoms with Crippen LogP contribution in [0.5, 0.6) is 0 Å². The minimum absolute atomic E-state index is 0.661. The zero-order valence-corrected chi connectivity index (χ0v) is 9.54. The first-order valence-corrected chi connectivity index (χ1v) is 5.27. The number of fused-ring (bicyclic) bond motifs is 1. The summed E-state index contributed by atoms with van der Waals surface area (Å²) in [6.07, 6.45) is 0. The van der Waals surface area contributed by atoms with Crippen LogP contribution in [0.1, 0.15) is 5.56 Å². The molecule has 14 heavy (non-hydrogen) atoms. The van der Waals surface area contributed by atoms with E-state index >= 15 is 0 Å². The Balaban J connectivity index is 2.68. The number of halogens is 1. The Labute approximate surface area is 91.8 Å². The van der Waals surface area contributed by atoms with Crippen molar-refractivity contribution in [2.24, 2.45) is 0 Å². The quantitative estimate of drug-likeness (QED) is 0.789. The second kappa shape index (κ2) is 4.11. The Bertz CT molecular complexity index is 451. The van der Waals surface area contributed by atoms with Gasteiger partial charge in [-0.15, -0.1) is 0 Å². The van der Waals surface area contributed by atoms with Gasteiger partial charge in [0, 0.05) is 11.6 Å². The summed E-state index contributed by atoms with van der Waals surface area (Å²) in [7, 11) is 1.72. The molecule has 2 rings (SSSR count). The number of hydrogen-bond donors (Lipinski definition) is 0. The molecule has 1 nitrogen and oxygen atoms in total. The molecule has 72 valence electrons. The van der Waals surface area contributed by atoms with E-state index in [1.54, 1.807) is 7.11 Å². The van der Waals surface area contributed by atoms with Gasteiger partial charge in [-0.2, -0.15) is 0 Å². The zero-order chi connectivity index (χ0) is 9.97. The first kappa shape index (κ1) is 9.69. The number of rotatable bonds is 2. The van der Waals surface area contributed by atoms with Crippen LogP contribution >= 0.6 is 15.9 Å². The van der Waals surface area contributed by atoms with Gasteiger partial charge in [0.15, 0.2) is 0 Å². The van der Waals surface area contributed by atoms with Gasteiger partial charge in [0.2, 0.25) is 0 Å². The maximum absolute atomic E-state index is 5.16. The van der Waals surface area contributed by atoms with Crippen LogP contribution < -0.4 is 0 Å². The van der Waals surface area contributed by atoms with E-state index < -0.39 is 0 Å². The Morgan fingerprint density at radius 3 is 2.50 bits per heavy atom. The molecule has 0 amide bonds. The summed E-state index contributed by atoms with van der Waals surface area (Å²) < 4.78 is 6.29. The molecule has 0 bridgehead atoms. The van der Waals surface area contributed by atoms with Crippen LogP contribution in [0.4, 0.5) is 0 Å². The van der Waals surface area contributed by atoms with Crippen LogP contribution in [0.25, 0.3) is 10.8 Å². The number of ether oxygens (including phenoxy) is 1. The molecule has 0 saturated carbocycles. The second-order valence-electron chi connectivity index (χ2n) is 3.19. The van der Waals surface area contributed by atoms with Crippen molar-refractivity contribution in [3.63, 3.8) is 0 Å². The summed E-state index contributed by atoms with van der Waals surface area (Å²) in [5.41, 5.74) is 1.23. The predicted octanol–water partition coefficient (Wildman–Crippen LogP) is 3.75. The van der Waals surface area contributed by atoms with Gasteiger partial charge in [0.25, 0.3) is 0 Å². The number of methoxy groups -OCH3 is 1. The summed E-state index contributed by atoms with van der Waals surface area (Å²) in [4.78, 5) is 0. The highest BCUT2D eigenvalue weighted by molar-refractivity contribution is 9.10. The molecule has 0 N–H and O–H groups in total. The van der Waals surface area contributed by atoms with Crippen molar-refractivity contribution in [2.75, 3.05) is 7.11 Å². The van der Waals surface area contributed by atoms with E-state index in [4.69, 9.17) is 4.74 Å². The highest BCUT2D eigenvalue weighted by Crippen LogP contribution is 2.26. The molecule has 0 heterocycles. The molecule has 0 saturated heterocycles. The van der Waals surface area contributed by atoms with Gasteiger partial charge < -0.3 is 4.74 Å². The van der Waals surface area contributed by atoms with Crippen molar-refractivity contribution < 1.29 is 4.74 Å². The van der Waals surface area contributed by atoms with Gasteiger partial charge in [0.1, 0.15) is 0 Å². The van der Waals surface area contributed by atoms with Crippen molar-refractivity contribution in [3.05, 3.63) is 46.4 Å². The molecular weight excluding hydrogens is 240 g/mol. The van der Waals surface area contributed by atoms with E-state index in [1.807, 2.05) is 12.1 Å². The average Bonchev–Trinajstić information content (AvgIpc) is 2.23. The molecule has 0 aliphatic rings. The van der Waals surface area contributed by atoms with Gasteiger partial charge in [0.05, 0.1) is 6.61 Å². The van der Waals surface area contributed by atoms with E-state index in [9.17, 15) is 0 Å². The topological polar surface area (TPSA) is 9.23 Å². The largest absolute Gasteiger partial charge is 0.380 e. The van der Waals surface area contributed by atoms with Crippen LogP contribution in [-0.2, 0) is 11.3 Å². The Morgan fingerprint density at radius 1 is 1.07 bits per heavy atom. The van der Waals surface area contributed by atoms with Gasteiger partial charge >= 0.3 is 0 Å². The molecule has 0 aromatic heterocycles. The van der Waals surface area contributed by atoms with Crippen LogP contribution in [0, 0.1) is 0 Å². The molecule has 0 aliphatic carbocycles. The normalized spacial score (nSPS) is 10.7. The molecule has 0 atom stereocenters. The van der Waals surface area contributed by atoms with Crippen molar-refractivity contribution in [3.8, 4) is 0 Å². The molecule has 2 aromatic carbocycles. The zero-order valence-electron chi connectivity index (χ0n) is 7.96. The van der Waals surface area contributed by atoms with Gasteiger partial charge in [-0.1, -0.05) is 46.3 Å². The van der Waals surface area contributed by atoms with E-state index in [2.05, 4.69) is 40.2 Å². The molecule has 2 aromatic rings. The Hall–Kier alpha value is -0.860. The van der Waals surface area contributed by atoms with Crippen LogP contribution in [-0.4, -0.2) is 7.11 Å². The first-order valence-electron chi connectivity index (χ1n) is 4.48. The third-order valence-corrected chi connectivity index (χ3v) is 2.95. The maximum Gasteiger partial charge on any atom is 0.0719 e. The van der Waals surface area contributed by atoms with Crippen molar-refractivity contribution >= 4 is 26.7 Å². The number of hydrogen-bond acceptors (Lipinski definition) is 1. The summed E-state index contributed by atoms with van der Waals surface area (Å²) in [6.45, 7) is 0.661. The molecule has 2 heteroatoms. The van der Waals surface area contributed by atoms with Gasteiger partial charge in [-0.3, -0.25) is 0 Å². The fraction of sp³-hybridized carbons (Fsp3) is 0.167. The van der Waals surface area contributed by atoms with E-state index in [1.165, 1.54) is 16.3 Å². The predicted molar refractivity (Wildman–Crippen MR) is 62.4 cm³/mol. The van der Waals surface area contributed by atoms with Gasteiger partial charge in [-0.05, 0) is 22.4 Å². The minimum atomic E-state index is 0.661. The average molecular weight is 251 g/mol. The molecule has 0 fully saturated rings. The van der Waals surface area contributed by atoms with Gasteiger partial charge in [-0.25, -0.2) is 0 Å². The highest BCUT2D eigenvalue weighted by atomic mass is 79.9. The van der Waals surface area contributed by atoms with E-state index in [-0.39, 0.29) is 0 Å². The lowest BCUT2D eigenvalue weighted by Gasteiger charge is -2.06. The van der Waals surface area contributed by atoms with Crippen molar-refractivity contribution in [1.82, 2.24) is 0 Å². The lowest BCUT2D eigenvalue weighted by molar-refractivity contribution is 0.186. The van der Waals surface area contributed by atoms with Crippen molar-refractivity contribution in [1.29, 1.82) is 0 Å². The fourth-order valence-corrected chi connectivity index (χ4v) is 2.08. The van der Waals surface area contributed by atoms with Crippen molar-refractivity contribution in [2.45, 2.75) is 6.61 Å². The summed E-state index contributed by atoms with van der Waals surface area (Å²) >= 11 is 3.54. The Kier molecular flexibility index (Phi) is 2.85.